The van der Waals surface area contributed by atoms with Gasteiger partial charge in [-0.15, -0.1) is 0 Å². The van der Waals surface area contributed by atoms with Crippen molar-refractivity contribution in [1.82, 2.24) is 0 Å². The van der Waals surface area contributed by atoms with Crippen LogP contribution in [0.15, 0.2) is 48.5 Å². The topological polar surface area (TPSA) is 29.5 Å². The summed E-state index contributed by atoms with van der Waals surface area (Å²) in [5.41, 5.74) is 3.39. The maximum Gasteiger partial charge on any atom is 0.123 e. The summed E-state index contributed by atoms with van der Waals surface area (Å²) >= 11 is 0. The molecular weight excluding hydrogens is 248 g/mol. The predicted molar refractivity (Wildman–Crippen MR) is 80.1 cm³/mol. The molecule has 2 unspecified atom stereocenters. The first kappa shape index (κ1) is 13.2. The highest BCUT2D eigenvalue weighted by Crippen LogP contribution is 2.41. The fourth-order valence-corrected chi connectivity index (χ4v) is 2.90. The van der Waals surface area contributed by atoms with Gasteiger partial charge in [0.15, 0.2) is 0 Å². The van der Waals surface area contributed by atoms with E-state index in [0.29, 0.717) is 6.61 Å². The highest BCUT2D eigenvalue weighted by atomic mass is 16.5. The maximum absolute atomic E-state index is 10.7. The van der Waals surface area contributed by atoms with Gasteiger partial charge in [-0.1, -0.05) is 55.8 Å². The van der Waals surface area contributed by atoms with Crippen LogP contribution < -0.4 is 4.74 Å². The summed E-state index contributed by atoms with van der Waals surface area (Å²) in [5, 5.41) is 10.7. The molecule has 0 spiro atoms. The van der Waals surface area contributed by atoms with Gasteiger partial charge >= 0.3 is 0 Å². The molecule has 2 atom stereocenters. The van der Waals surface area contributed by atoms with Gasteiger partial charge in [0.05, 0.1) is 18.6 Å². The molecule has 0 saturated carbocycles. The van der Waals surface area contributed by atoms with Gasteiger partial charge in [0.2, 0.25) is 0 Å². The smallest absolute Gasteiger partial charge is 0.123 e. The molecule has 1 heterocycles. The van der Waals surface area contributed by atoms with Crippen molar-refractivity contribution in [2.24, 2.45) is 0 Å². The number of aliphatic hydroxyl groups is 1. The minimum absolute atomic E-state index is 0.0306. The number of aryl methyl sites for hydroxylation is 1. The lowest BCUT2D eigenvalue weighted by Crippen LogP contribution is -2.12. The zero-order valence-corrected chi connectivity index (χ0v) is 11.8. The first-order valence-corrected chi connectivity index (χ1v) is 7.28. The molecule has 2 aromatic carbocycles. The highest BCUT2D eigenvalue weighted by molar-refractivity contribution is 5.42. The number of rotatable bonds is 4. The lowest BCUT2D eigenvalue weighted by Gasteiger charge is -2.18. The normalized spacial score (nSPS) is 18.4. The molecule has 1 N–H and O–H groups in total. The van der Waals surface area contributed by atoms with E-state index in [1.54, 1.807) is 0 Å². The van der Waals surface area contributed by atoms with Gasteiger partial charge in [-0.25, -0.2) is 0 Å². The van der Waals surface area contributed by atoms with E-state index >= 15 is 0 Å². The van der Waals surface area contributed by atoms with Crippen molar-refractivity contribution in [3.8, 4) is 5.75 Å². The van der Waals surface area contributed by atoms with Crippen LogP contribution in [0, 0.1) is 0 Å². The van der Waals surface area contributed by atoms with Crippen molar-refractivity contribution in [1.29, 1.82) is 0 Å². The number of hydrogen-bond donors (Lipinski definition) is 1. The van der Waals surface area contributed by atoms with Crippen LogP contribution in [0.4, 0.5) is 0 Å². The van der Waals surface area contributed by atoms with Crippen molar-refractivity contribution < 1.29 is 9.84 Å². The van der Waals surface area contributed by atoms with Gasteiger partial charge < -0.3 is 9.84 Å². The Hall–Kier alpha value is -1.80. The average Bonchev–Trinajstić information content (AvgIpc) is 2.91. The van der Waals surface area contributed by atoms with Crippen LogP contribution in [0.3, 0.4) is 0 Å². The first-order chi connectivity index (χ1) is 9.79. The van der Waals surface area contributed by atoms with E-state index < -0.39 is 6.10 Å². The van der Waals surface area contributed by atoms with Gasteiger partial charge in [-0.2, -0.15) is 0 Å². The van der Waals surface area contributed by atoms with Crippen LogP contribution in [-0.4, -0.2) is 11.7 Å². The molecule has 1 aliphatic rings. The molecule has 2 nitrogen and oxygen atoms in total. The summed E-state index contributed by atoms with van der Waals surface area (Å²) in [4.78, 5) is 0. The van der Waals surface area contributed by atoms with E-state index in [4.69, 9.17) is 4.74 Å². The van der Waals surface area contributed by atoms with Crippen LogP contribution in [0.2, 0.25) is 0 Å². The van der Waals surface area contributed by atoms with E-state index in [0.717, 1.165) is 29.7 Å². The summed E-state index contributed by atoms with van der Waals surface area (Å²) in [6.07, 6.45) is 1.67. The monoisotopic (exact) mass is 268 g/mol. The molecular formula is C18H20O2. The number of para-hydroxylation sites is 1. The molecule has 0 bridgehead atoms. The molecule has 2 heteroatoms. The predicted octanol–water partition coefficient (Wildman–Crippen LogP) is 3.85. The van der Waals surface area contributed by atoms with Crippen LogP contribution in [-0.2, 0) is 6.42 Å². The van der Waals surface area contributed by atoms with E-state index in [-0.39, 0.29) is 5.92 Å². The fraction of sp³-hybridized carbons (Fsp3) is 0.333. The van der Waals surface area contributed by atoms with Crippen LogP contribution in [0.25, 0.3) is 0 Å². The third-order valence-corrected chi connectivity index (χ3v) is 3.95. The van der Waals surface area contributed by atoms with Crippen molar-refractivity contribution in [3.05, 3.63) is 65.2 Å². The minimum atomic E-state index is -0.504. The van der Waals surface area contributed by atoms with E-state index in [9.17, 15) is 5.11 Å². The Morgan fingerprint density at radius 1 is 1.20 bits per heavy atom. The Balaban J connectivity index is 1.86. The largest absolute Gasteiger partial charge is 0.493 e. The standard InChI is InChI=1S/C18H20O2/c1-2-6-13-7-5-8-14(11-13)18(19)16-12-20-17-10-4-3-9-15(16)17/h3-5,7-11,16,18-19H,2,6,12H2,1H3. The zero-order valence-electron chi connectivity index (χ0n) is 11.8. The van der Waals surface area contributed by atoms with Crippen molar-refractivity contribution in [3.63, 3.8) is 0 Å². The summed E-state index contributed by atoms with van der Waals surface area (Å²) in [6.45, 7) is 2.72. The fourth-order valence-electron chi connectivity index (χ4n) is 2.90. The average molecular weight is 268 g/mol. The molecule has 0 saturated heterocycles. The molecule has 0 aromatic heterocycles. The summed E-state index contributed by atoms with van der Waals surface area (Å²) in [7, 11) is 0. The van der Waals surface area contributed by atoms with Crippen LogP contribution in [0.1, 0.15) is 42.1 Å². The van der Waals surface area contributed by atoms with Crippen molar-refractivity contribution in [2.45, 2.75) is 31.8 Å². The molecule has 1 aliphatic heterocycles. The number of aliphatic hydroxyl groups excluding tert-OH is 1. The van der Waals surface area contributed by atoms with Gasteiger partial charge in [0, 0.05) is 5.56 Å². The van der Waals surface area contributed by atoms with Gasteiger partial charge in [-0.05, 0) is 23.6 Å². The maximum atomic E-state index is 10.7. The second kappa shape index (κ2) is 5.68. The van der Waals surface area contributed by atoms with Gasteiger partial charge in [-0.3, -0.25) is 0 Å². The molecule has 104 valence electrons. The summed E-state index contributed by atoms with van der Waals surface area (Å²) < 4.78 is 5.67. The third-order valence-electron chi connectivity index (χ3n) is 3.95. The Morgan fingerprint density at radius 3 is 2.90 bits per heavy atom. The molecule has 0 aliphatic carbocycles. The SMILES string of the molecule is CCCc1cccc(C(O)C2COc3ccccc32)c1. The Kier molecular flexibility index (Phi) is 3.75. The van der Waals surface area contributed by atoms with Gasteiger partial charge in [0.25, 0.3) is 0 Å². The lowest BCUT2D eigenvalue weighted by atomic mass is 9.90. The Morgan fingerprint density at radius 2 is 2.05 bits per heavy atom. The van der Waals surface area contributed by atoms with Crippen LogP contribution >= 0.6 is 0 Å². The summed E-state index contributed by atoms with van der Waals surface area (Å²) in [5.74, 6) is 0.935. The van der Waals surface area contributed by atoms with E-state index in [1.807, 2.05) is 36.4 Å². The van der Waals surface area contributed by atoms with Gasteiger partial charge in [0.1, 0.15) is 5.75 Å². The zero-order chi connectivity index (χ0) is 13.9. The van der Waals surface area contributed by atoms with E-state index in [2.05, 4.69) is 19.1 Å². The number of benzene rings is 2. The molecule has 0 fully saturated rings. The minimum Gasteiger partial charge on any atom is -0.493 e. The first-order valence-electron chi connectivity index (χ1n) is 7.28. The Bertz CT molecular complexity index is 591. The molecule has 3 rings (SSSR count). The quantitative estimate of drug-likeness (QED) is 0.912. The second-order valence-electron chi connectivity index (χ2n) is 5.40. The lowest BCUT2D eigenvalue weighted by molar-refractivity contribution is 0.130. The summed E-state index contributed by atoms with van der Waals surface area (Å²) in [6, 6.07) is 16.3. The second-order valence-corrected chi connectivity index (χ2v) is 5.40. The number of ether oxygens (including phenoxy) is 1. The van der Waals surface area contributed by atoms with Crippen LogP contribution in [0.5, 0.6) is 5.75 Å². The van der Waals surface area contributed by atoms with Crippen molar-refractivity contribution >= 4 is 0 Å². The van der Waals surface area contributed by atoms with Crippen molar-refractivity contribution in [2.75, 3.05) is 6.61 Å². The molecule has 20 heavy (non-hydrogen) atoms. The Labute approximate surface area is 120 Å². The molecule has 0 amide bonds. The molecule has 2 aromatic rings. The number of hydrogen-bond acceptors (Lipinski definition) is 2. The molecule has 0 radical (unpaired) electrons. The number of fused-ring (bicyclic) bond motifs is 1. The highest BCUT2D eigenvalue weighted by Gasteiger charge is 2.30. The third kappa shape index (κ3) is 2.44. The van der Waals surface area contributed by atoms with E-state index in [1.165, 1.54) is 5.56 Å².